The Morgan fingerprint density at radius 1 is 1.30 bits per heavy atom. The lowest BCUT2D eigenvalue weighted by molar-refractivity contribution is 0.390. The molecule has 0 atom stereocenters. The lowest BCUT2D eigenvalue weighted by atomic mass is 10.2. The predicted octanol–water partition coefficient (Wildman–Crippen LogP) is 2.57. The second-order valence-electron chi connectivity index (χ2n) is 6.30. The van der Waals surface area contributed by atoms with Crippen LogP contribution in [0.2, 0.25) is 0 Å². The van der Waals surface area contributed by atoms with E-state index in [-0.39, 0.29) is 4.90 Å². The highest BCUT2D eigenvalue weighted by atomic mass is 32.2. The third-order valence-electron chi connectivity index (χ3n) is 4.42. The second-order valence-corrected chi connectivity index (χ2v) is 8.00. The van der Waals surface area contributed by atoms with E-state index in [2.05, 4.69) is 34.4 Å². The summed E-state index contributed by atoms with van der Waals surface area (Å²) in [7, 11) is -3.58. The van der Waals surface area contributed by atoms with Crippen LogP contribution in [-0.2, 0) is 16.4 Å². The third kappa shape index (κ3) is 3.07. The molecule has 0 bridgehead atoms. The number of hydrogen-bond donors (Lipinski definition) is 1. The van der Waals surface area contributed by atoms with E-state index >= 15 is 0 Å². The van der Waals surface area contributed by atoms with E-state index in [0.717, 1.165) is 0 Å². The summed E-state index contributed by atoms with van der Waals surface area (Å²) in [6.45, 7) is 7.83. The molecule has 1 aliphatic rings. The van der Waals surface area contributed by atoms with Crippen LogP contribution in [0.25, 0.3) is 0 Å². The fourth-order valence-corrected chi connectivity index (χ4v) is 4.60. The van der Waals surface area contributed by atoms with Gasteiger partial charge in [-0.1, -0.05) is 5.16 Å². The quantitative estimate of drug-likeness (QED) is 0.879. The van der Waals surface area contributed by atoms with Gasteiger partial charge in [0.05, 0.1) is 0 Å². The largest absolute Gasteiger partial charge is 0.360 e. The molecule has 1 N–H and O–H groups in total. The maximum absolute atomic E-state index is 12.4. The minimum absolute atomic E-state index is 0.154. The van der Waals surface area contributed by atoms with E-state index in [4.69, 9.17) is 4.52 Å². The normalized spacial score (nSPS) is 15.3. The first-order chi connectivity index (χ1) is 10.8. The molecule has 0 unspecified atom stereocenters. The van der Waals surface area contributed by atoms with E-state index < -0.39 is 10.0 Å². The SMILES string of the molecule is Cc1noc(C)c1S(=O)(=O)NCCc1cc(C)n(C2CC2)c1C. The van der Waals surface area contributed by atoms with Crippen LogP contribution in [0.3, 0.4) is 0 Å². The Balaban J connectivity index is 1.69. The van der Waals surface area contributed by atoms with Crippen LogP contribution in [0, 0.1) is 27.7 Å². The van der Waals surface area contributed by atoms with Crippen molar-refractivity contribution in [2.75, 3.05) is 6.54 Å². The van der Waals surface area contributed by atoms with Crippen LogP contribution in [0.4, 0.5) is 0 Å². The van der Waals surface area contributed by atoms with Crippen molar-refractivity contribution in [3.05, 3.63) is 34.5 Å². The fourth-order valence-electron chi connectivity index (χ4n) is 3.24. The lowest BCUT2D eigenvalue weighted by Gasteiger charge is -2.09. The van der Waals surface area contributed by atoms with E-state index in [0.29, 0.717) is 30.5 Å². The Morgan fingerprint density at radius 2 is 2.00 bits per heavy atom. The minimum Gasteiger partial charge on any atom is -0.360 e. The Hall–Kier alpha value is -1.60. The topological polar surface area (TPSA) is 77.1 Å². The Labute approximate surface area is 136 Å². The van der Waals surface area contributed by atoms with Crippen LogP contribution in [0.15, 0.2) is 15.5 Å². The summed E-state index contributed by atoms with van der Waals surface area (Å²) in [6, 6.07) is 2.81. The van der Waals surface area contributed by atoms with E-state index in [1.807, 2.05) is 0 Å². The van der Waals surface area contributed by atoms with Crippen molar-refractivity contribution >= 4 is 10.0 Å². The molecule has 1 saturated carbocycles. The van der Waals surface area contributed by atoms with Gasteiger partial charge in [0.25, 0.3) is 0 Å². The molecule has 23 heavy (non-hydrogen) atoms. The number of nitrogens with zero attached hydrogens (tertiary/aromatic N) is 2. The van der Waals surface area contributed by atoms with Crippen LogP contribution in [0.1, 0.15) is 47.3 Å². The van der Waals surface area contributed by atoms with Crippen molar-refractivity contribution < 1.29 is 12.9 Å². The number of nitrogens with one attached hydrogen (secondary N) is 1. The molecule has 0 spiro atoms. The molecule has 0 aromatic carbocycles. The Bertz CT molecular complexity index is 810. The van der Waals surface area contributed by atoms with Crippen molar-refractivity contribution in [2.24, 2.45) is 0 Å². The Morgan fingerprint density at radius 3 is 2.57 bits per heavy atom. The molecule has 2 aromatic heterocycles. The van der Waals surface area contributed by atoms with Gasteiger partial charge in [0.15, 0.2) is 5.76 Å². The summed E-state index contributed by atoms with van der Waals surface area (Å²) in [5.41, 5.74) is 4.10. The zero-order valence-electron chi connectivity index (χ0n) is 14.0. The number of rotatable bonds is 6. The molecule has 2 heterocycles. The number of aromatic nitrogens is 2. The van der Waals surface area contributed by atoms with Gasteiger partial charge in [-0.05, 0) is 58.6 Å². The highest BCUT2D eigenvalue weighted by Gasteiger charge is 2.27. The van der Waals surface area contributed by atoms with Gasteiger partial charge in [0, 0.05) is 24.0 Å². The van der Waals surface area contributed by atoms with Crippen LogP contribution >= 0.6 is 0 Å². The predicted molar refractivity (Wildman–Crippen MR) is 87.0 cm³/mol. The molecule has 0 radical (unpaired) electrons. The standard InChI is InChI=1S/C16H23N3O3S/c1-10-9-14(12(3)19(10)15-5-6-15)7-8-17-23(20,21)16-11(2)18-22-13(16)4/h9,15,17H,5-8H2,1-4H3. The minimum atomic E-state index is -3.58. The molecule has 0 aliphatic heterocycles. The third-order valence-corrected chi connectivity index (χ3v) is 6.13. The van der Waals surface area contributed by atoms with Gasteiger partial charge in [-0.15, -0.1) is 0 Å². The first kappa shape index (κ1) is 16.3. The van der Waals surface area contributed by atoms with Gasteiger partial charge in [-0.2, -0.15) is 0 Å². The molecular weight excluding hydrogens is 314 g/mol. The maximum atomic E-state index is 12.4. The fraction of sp³-hybridized carbons (Fsp3) is 0.562. The lowest BCUT2D eigenvalue weighted by Crippen LogP contribution is -2.27. The molecule has 0 amide bonds. The summed E-state index contributed by atoms with van der Waals surface area (Å²) in [6.07, 6.45) is 3.16. The van der Waals surface area contributed by atoms with E-state index in [1.54, 1.807) is 13.8 Å². The average molecular weight is 337 g/mol. The van der Waals surface area contributed by atoms with Gasteiger partial charge in [0.1, 0.15) is 10.6 Å². The first-order valence-corrected chi connectivity index (χ1v) is 9.39. The zero-order chi connectivity index (χ0) is 16.8. The highest BCUT2D eigenvalue weighted by molar-refractivity contribution is 7.89. The molecule has 126 valence electrons. The summed E-state index contributed by atoms with van der Waals surface area (Å²) in [4.78, 5) is 0.154. The van der Waals surface area contributed by atoms with E-state index in [1.165, 1.54) is 29.8 Å². The van der Waals surface area contributed by atoms with Gasteiger partial charge in [0.2, 0.25) is 10.0 Å². The maximum Gasteiger partial charge on any atom is 0.245 e. The molecule has 7 heteroatoms. The molecule has 2 aromatic rings. The van der Waals surface area contributed by atoms with Crippen LogP contribution < -0.4 is 4.72 Å². The monoisotopic (exact) mass is 337 g/mol. The molecular formula is C16H23N3O3S. The van der Waals surface area contributed by atoms with E-state index in [9.17, 15) is 8.42 Å². The summed E-state index contributed by atoms with van der Waals surface area (Å²) in [5, 5.41) is 3.71. The van der Waals surface area contributed by atoms with Crippen LogP contribution in [0.5, 0.6) is 0 Å². The first-order valence-electron chi connectivity index (χ1n) is 7.91. The number of sulfonamides is 1. The van der Waals surface area contributed by atoms with Crippen molar-refractivity contribution in [3.63, 3.8) is 0 Å². The number of aryl methyl sites for hydroxylation is 3. The molecule has 0 saturated heterocycles. The van der Waals surface area contributed by atoms with Gasteiger partial charge >= 0.3 is 0 Å². The van der Waals surface area contributed by atoms with Crippen molar-refractivity contribution in [1.29, 1.82) is 0 Å². The summed E-state index contributed by atoms with van der Waals surface area (Å²) >= 11 is 0. The van der Waals surface area contributed by atoms with Crippen molar-refractivity contribution in [3.8, 4) is 0 Å². The molecule has 1 aliphatic carbocycles. The van der Waals surface area contributed by atoms with Gasteiger partial charge < -0.3 is 9.09 Å². The summed E-state index contributed by atoms with van der Waals surface area (Å²) < 4.78 is 34.7. The molecule has 3 rings (SSSR count). The second kappa shape index (κ2) is 5.79. The number of hydrogen-bond acceptors (Lipinski definition) is 4. The van der Waals surface area contributed by atoms with Gasteiger partial charge in [-0.3, -0.25) is 0 Å². The van der Waals surface area contributed by atoms with Gasteiger partial charge in [-0.25, -0.2) is 13.1 Å². The zero-order valence-corrected chi connectivity index (χ0v) is 14.8. The molecule has 1 fully saturated rings. The van der Waals surface area contributed by atoms with Crippen LogP contribution in [-0.4, -0.2) is 24.7 Å². The van der Waals surface area contributed by atoms with Crippen molar-refractivity contribution in [1.82, 2.24) is 14.4 Å². The smallest absolute Gasteiger partial charge is 0.245 e. The highest BCUT2D eigenvalue weighted by Crippen LogP contribution is 2.38. The summed E-state index contributed by atoms with van der Waals surface area (Å²) in [5.74, 6) is 0.321. The molecule has 6 nitrogen and oxygen atoms in total. The van der Waals surface area contributed by atoms with Crippen molar-refractivity contribution in [2.45, 2.75) is 57.9 Å². The average Bonchev–Trinajstić information content (AvgIpc) is 3.16. The Kier molecular flexibility index (Phi) is 4.10.